The highest BCUT2D eigenvalue weighted by Gasteiger charge is 2.20. The van der Waals surface area contributed by atoms with Gasteiger partial charge in [0.25, 0.3) is 0 Å². The van der Waals surface area contributed by atoms with E-state index in [1.165, 1.54) is 24.6 Å². The molecule has 2 aliphatic rings. The Kier molecular flexibility index (Phi) is 4.10. The van der Waals surface area contributed by atoms with E-state index in [9.17, 15) is 0 Å². The largest absolute Gasteiger partial charge is 0.375 e. The van der Waals surface area contributed by atoms with Crippen LogP contribution < -0.4 is 5.32 Å². The zero-order valence-corrected chi connectivity index (χ0v) is 9.68. The summed E-state index contributed by atoms with van der Waals surface area (Å²) >= 11 is 2.05. The number of ether oxygens (including phenoxy) is 1. The van der Waals surface area contributed by atoms with E-state index in [0.717, 1.165) is 25.6 Å². The lowest BCUT2D eigenvalue weighted by Gasteiger charge is -2.31. The zero-order chi connectivity index (χ0) is 9.80. The Morgan fingerprint density at radius 3 is 2.93 bits per heavy atom. The van der Waals surface area contributed by atoms with Crippen LogP contribution in [0.4, 0.5) is 0 Å². The Balaban J connectivity index is 1.55. The summed E-state index contributed by atoms with van der Waals surface area (Å²) in [4.78, 5) is 2.36. The first-order chi connectivity index (χ1) is 6.84. The summed E-state index contributed by atoms with van der Waals surface area (Å²) in [6.45, 7) is 5.55. The molecule has 4 heteroatoms. The van der Waals surface area contributed by atoms with Gasteiger partial charge in [-0.25, -0.2) is 0 Å². The van der Waals surface area contributed by atoms with E-state index in [4.69, 9.17) is 4.74 Å². The Morgan fingerprint density at radius 1 is 1.43 bits per heavy atom. The number of thioether (sulfide) groups is 1. The molecule has 1 atom stereocenters. The van der Waals surface area contributed by atoms with E-state index >= 15 is 0 Å². The summed E-state index contributed by atoms with van der Waals surface area (Å²) in [6, 6.07) is 0. The van der Waals surface area contributed by atoms with Crippen molar-refractivity contribution in [3.8, 4) is 0 Å². The average molecular weight is 216 g/mol. The van der Waals surface area contributed by atoms with Crippen LogP contribution in [0.3, 0.4) is 0 Å². The van der Waals surface area contributed by atoms with Gasteiger partial charge in [-0.05, 0) is 31.8 Å². The number of likely N-dealkylation sites (N-methyl/N-ethyl adjacent to an activating group) is 1. The highest BCUT2D eigenvalue weighted by molar-refractivity contribution is 7.99. The highest BCUT2D eigenvalue weighted by atomic mass is 32.2. The summed E-state index contributed by atoms with van der Waals surface area (Å²) in [6.07, 6.45) is 0.465. The van der Waals surface area contributed by atoms with E-state index in [1.807, 2.05) is 0 Å². The standard InChI is InChI=1S/C10H20N2OS/c1-12-2-3-13-10(6-12)8-14-7-9-4-11-5-9/h9-11H,2-8H2,1H3. The lowest BCUT2D eigenvalue weighted by atomic mass is 10.1. The first kappa shape index (κ1) is 10.7. The molecule has 14 heavy (non-hydrogen) atoms. The molecule has 2 rings (SSSR count). The molecule has 3 nitrogen and oxygen atoms in total. The monoisotopic (exact) mass is 216 g/mol. The molecule has 0 saturated carbocycles. The molecule has 2 saturated heterocycles. The van der Waals surface area contributed by atoms with Crippen LogP contribution in [0.1, 0.15) is 0 Å². The SMILES string of the molecule is CN1CCOC(CSCC2CNC2)C1. The smallest absolute Gasteiger partial charge is 0.0792 e. The Labute approximate surface area is 90.6 Å². The van der Waals surface area contributed by atoms with Gasteiger partial charge in [0.1, 0.15) is 0 Å². The van der Waals surface area contributed by atoms with E-state index in [2.05, 4.69) is 29.0 Å². The fraction of sp³-hybridized carbons (Fsp3) is 1.00. The second-order valence-corrected chi connectivity index (χ2v) is 5.39. The van der Waals surface area contributed by atoms with Gasteiger partial charge in [-0.2, -0.15) is 11.8 Å². The summed E-state index contributed by atoms with van der Waals surface area (Å²) in [7, 11) is 2.18. The van der Waals surface area contributed by atoms with Crippen molar-refractivity contribution >= 4 is 11.8 Å². The minimum Gasteiger partial charge on any atom is -0.375 e. The van der Waals surface area contributed by atoms with E-state index < -0.39 is 0 Å². The van der Waals surface area contributed by atoms with Crippen molar-refractivity contribution in [3.63, 3.8) is 0 Å². The maximum atomic E-state index is 5.70. The Bertz CT molecular complexity index is 176. The van der Waals surface area contributed by atoms with Crippen molar-refractivity contribution in [2.45, 2.75) is 6.10 Å². The highest BCUT2D eigenvalue weighted by Crippen LogP contribution is 2.16. The van der Waals surface area contributed by atoms with Crippen molar-refractivity contribution in [1.82, 2.24) is 10.2 Å². The zero-order valence-electron chi connectivity index (χ0n) is 8.87. The molecule has 82 valence electrons. The number of rotatable bonds is 4. The molecule has 0 aromatic heterocycles. The molecular weight excluding hydrogens is 196 g/mol. The lowest BCUT2D eigenvalue weighted by Crippen LogP contribution is -2.44. The molecule has 0 amide bonds. The van der Waals surface area contributed by atoms with Crippen molar-refractivity contribution in [2.24, 2.45) is 5.92 Å². The van der Waals surface area contributed by atoms with Gasteiger partial charge in [-0.3, -0.25) is 0 Å². The minimum atomic E-state index is 0.465. The first-order valence-electron chi connectivity index (χ1n) is 5.43. The van der Waals surface area contributed by atoms with Crippen LogP contribution in [0, 0.1) is 5.92 Å². The average Bonchev–Trinajstić information content (AvgIpc) is 2.09. The molecule has 2 aliphatic heterocycles. The van der Waals surface area contributed by atoms with E-state index in [1.54, 1.807) is 0 Å². The van der Waals surface area contributed by atoms with Gasteiger partial charge in [-0.15, -0.1) is 0 Å². The third kappa shape index (κ3) is 3.12. The van der Waals surface area contributed by atoms with Crippen LogP contribution in [0.15, 0.2) is 0 Å². The lowest BCUT2D eigenvalue weighted by molar-refractivity contribution is -0.00600. The normalized spacial score (nSPS) is 30.2. The van der Waals surface area contributed by atoms with Gasteiger partial charge in [0.2, 0.25) is 0 Å². The number of nitrogens with one attached hydrogen (secondary N) is 1. The van der Waals surface area contributed by atoms with Gasteiger partial charge in [0, 0.05) is 18.8 Å². The molecule has 0 bridgehead atoms. The fourth-order valence-electron chi connectivity index (χ4n) is 1.80. The Morgan fingerprint density at radius 2 is 2.29 bits per heavy atom. The van der Waals surface area contributed by atoms with Gasteiger partial charge >= 0.3 is 0 Å². The molecule has 2 fully saturated rings. The fourth-order valence-corrected chi connectivity index (χ4v) is 2.97. The quantitative estimate of drug-likeness (QED) is 0.729. The van der Waals surface area contributed by atoms with Gasteiger partial charge in [0.05, 0.1) is 12.7 Å². The third-order valence-electron chi connectivity index (χ3n) is 2.87. The van der Waals surface area contributed by atoms with Crippen molar-refractivity contribution in [1.29, 1.82) is 0 Å². The van der Waals surface area contributed by atoms with Crippen LogP contribution in [0.2, 0.25) is 0 Å². The summed E-state index contributed by atoms with van der Waals surface area (Å²) < 4.78 is 5.70. The first-order valence-corrected chi connectivity index (χ1v) is 6.58. The van der Waals surface area contributed by atoms with Crippen LogP contribution in [0.5, 0.6) is 0 Å². The van der Waals surface area contributed by atoms with Crippen molar-refractivity contribution in [2.75, 3.05) is 51.3 Å². The molecular formula is C10H20N2OS. The molecule has 0 radical (unpaired) electrons. The van der Waals surface area contributed by atoms with E-state index in [-0.39, 0.29) is 0 Å². The van der Waals surface area contributed by atoms with Gasteiger partial charge < -0.3 is 15.0 Å². The number of morpholine rings is 1. The number of hydrogen-bond acceptors (Lipinski definition) is 4. The van der Waals surface area contributed by atoms with Crippen molar-refractivity contribution in [3.05, 3.63) is 0 Å². The topological polar surface area (TPSA) is 24.5 Å². The molecule has 2 heterocycles. The predicted octanol–water partition coefficient (Wildman–Crippen LogP) is 0.270. The third-order valence-corrected chi connectivity index (χ3v) is 4.18. The second-order valence-electron chi connectivity index (χ2n) is 4.32. The van der Waals surface area contributed by atoms with Crippen LogP contribution in [0.25, 0.3) is 0 Å². The molecule has 0 spiro atoms. The minimum absolute atomic E-state index is 0.465. The van der Waals surface area contributed by atoms with Crippen LogP contribution >= 0.6 is 11.8 Å². The predicted molar refractivity (Wildman–Crippen MR) is 60.9 cm³/mol. The number of hydrogen-bond donors (Lipinski definition) is 1. The number of nitrogens with zero attached hydrogens (tertiary/aromatic N) is 1. The molecule has 0 aromatic carbocycles. The summed E-state index contributed by atoms with van der Waals surface area (Å²) in [5, 5.41) is 3.30. The van der Waals surface area contributed by atoms with Crippen LogP contribution in [-0.2, 0) is 4.74 Å². The molecule has 1 N–H and O–H groups in total. The van der Waals surface area contributed by atoms with Crippen molar-refractivity contribution < 1.29 is 4.74 Å². The molecule has 1 unspecified atom stereocenters. The second kappa shape index (κ2) is 5.35. The molecule has 0 aromatic rings. The van der Waals surface area contributed by atoms with Gasteiger partial charge in [0.15, 0.2) is 0 Å². The Hall–Kier alpha value is 0.230. The van der Waals surface area contributed by atoms with E-state index in [0.29, 0.717) is 6.10 Å². The summed E-state index contributed by atoms with van der Waals surface area (Å²) in [5.41, 5.74) is 0. The molecule has 0 aliphatic carbocycles. The van der Waals surface area contributed by atoms with Crippen LogP contribution in [-0.4, -0.2) is 62.3 Å². The maximum absolute atomic E-state index is 5.70. The van der Waals surface area contributed by atoms with Gasteiger partial charge in [-0.1, -0.05) is 0 Å². The summed E-state index contributed by atoms with van der Waals surface area (Å²) in [5.74, 6) is 3.39. The maximum Gasteiger partial charge on any atom is 0.0792 e.